The van der Waals surface area contributed by atoms with Crippen molar-refractivity contribution in [1.82, 2.24) is 15.2 Å². The second-order valence-corrected chi connectivity index (χ2v) is 3.90. The fraction of sp³-hybridized carbons (Fsp3) is 0.0714. The Morgan fingerprint density at radius 2 is 1.67 bits per heavy atom. The molecule has 2 aromatic heterocycles. The second-order valence-electron chi connectivity index (χ2n) is 3.90. The van der Waals surface area contributed by atoms with Crippen molar-refractivity contribution in [3.63, 3.8) is 0 Å². The Labute approximate surface area is 104 Å². The first-order valence-corrected chi connectivity index (χ1v) is 5.68. The van der Waals surface area contributed by atoms with Gasteiger partial charge < -0.3 is 4.42 Å². The molecule has 4 heteroatoms. The maximum atomic E-state index is 5.62. The monoisotopic (exact) mass is 237 g/mol. The van der Waals surface area contributed by atoms with E-state index in [0.717, 1.165) is 11.1 Å². The third-order valence-corrected chi connectivity index (χ3v) is 2.59. The van der Waals surface area contributed by atoms with Crippen LogP contribution in [0.25, 0.3) is 11.5 Å². The summed E-state index contributed by atoms with van der Waals surface area (Å²) in [7, 11) is 0. The van der Waals surface area contributed by atoms with Gasteiger partial charge in [-0.25, -0.2) is 0 Å². The molecule has 1 aromatic carbocycles. The summed E-state index contributed by atoms with van der Waals surface area (Å²) in [4.78, 5) is 3.96. The molecule has 0 atom stereocenters. The highest BCUT2D eigenvalue weighted by atomic mass is 16.4. The highest BCUT2D eigenvalue weighted by molar-refractivity contribution is 5.50. The Kier molecular flexibility index (Phi) is 2.84. The van der Waals surface area contributed by atoms with Crippen molar-refractivity contribution in [3.05, 3.63) is 66.3 Å². The molecule has 0 fully saturated rings. The minimum Gasteiger partial charge on any atom is -0.420 e. The Morgan fingerprint density at radius 1 is 0.889 bits per heavy atom. The molecular formula is C14H11N3O. The van der Waals surface area contributed by atoms with Crippen LogP contribution in [0.2, 0.25) is 0 Å². The van der Waals surface area contributed by atoms with Gasteiger partial charge in [-0.3, -0.25) is 4.98 Å². The van der Waals surface area contributed by atoms with E-state index in [1.54, 1.807) is 12.4 Å². The first-order chi connectivity index (χ1) is 8.92. The first-order valence-electron chi connectivity index (χ1n) is 5.68. The van der Waals surface area contributed by atoms with Crippen LogP contribution in [0.1, 0.15) is 11.5 Å². The third-order valence-electron chi connectivity index (χ3n) is 2.59. The first kappa shape index (κ1) is 10.7. The van der Waals surface area contributed by atoms with Crippen molar-refractivity contribution in [3.8, 4) is 11.5 Å². The Balaban J connectivity index is 1.82. The summed E-state index contributed by atoms with van der Waals surface area (Å²) < 4.78 is 5.62. The minimum atomic E-state index is 0.531. The summed E-state index contributed by atoms with van der Waals surface area (Å²) in [6.07, 6.45) is 4.06. The van der Waals surface area contributed by atoms with E-state index in [2.05, 4.69) is 15.2 Å². The lowest BCUT2D eigenvalue weighted by Crippen LogP contribution is -1.87. The van der Waals surface area contributed by atoms with Crippen molar-refractivity contribution >= 4 is 0 Å². The number of rotatable bonds is 3. The zero-order valence-electron chi connectivity index (χ0n) is 9.65. The lowest BCUT2D eigenvalue weighted by molar-refractivity contribution is 0.518. The standard InChI is InChI=1S/C14H11N3O/c1-2-4-11(5-3-1)10-13-16-17-14(18-13)12-6-8-15-9-7-12/h1-9H,10H2. The number of nitrogens with zero attached hydrogens (tertiary/aromatic N) is 3. The molecule has 0 aliphatic carbocycles. The predicted octanol–water partition coefficient (Wildman–Crippen LogP) is 2.72. The normalized spacial score (nSPS) is 10.4. The van der Waals surface area contributed by atoms with Crippen LogP contribution in [0.4, 0.5) is 0 Å². The lowest BCUT2D eigenvalue weighted by Gasteiger charge is -1.95. The number of hydrogen-bond donors (Lipinski definition) is 0. The highest BCUT2D eigenvalue weighted by Gasteiger charge is 2.08. The van der Waals surface area contributed by atoms with Crippen molar-refractivity contribution in [2.75, 3.05) is 0 Å². The fourth-order valence-corrected chi connectivity index (χ4v) is 1.71. The van der Waals surface area contributed by atoms with Gasteiger partial charge in [0.2, 0.25) is 11.8 Å². The topological polar surface area (TPSA) is 51.8 Å². The van der Waals surface area contributed by atoms with Crippen LogP contribution >= 0.6 is 0 Å². The SMILES string of the molecule is c1ccc(Cc2nnc(-c3ccncc3)o2)cc1. The summed E-state index contributed by atoms with van der Waals surface area (Å²) in [6, 6.07) is 13.7. The van der Waals surface area contributed by atoms with E-state index in [1.807, 2.05) is 42.5 Å². The Hall–Kier alpha value is -2.49. The van der Waals surface area contributed by atoms with Gasteiger partial charge in [-0.2, -0.15) is 0 Å². The average Bonchev–Trinajstić information content (AvgIpc) is 2.89. The molecule has 0 amide bonds. The van der Waals surface area contributed by atoms with E-state index in [4.69, 9.17) is 4.42 Å². The summed E-state index contributed by atoms with van der Waals surface area (Å²) in [5.41, 5.74) is 2.04. The van der Waals surface area contributed by atoms with Gasteiger partial charge in [-0.05, 0) is 17.7 Å². The molecule has 0 aliphatic rings. The van der Waals surface area contributed by atoms with Crippen LogP contribution in [0.3, 0.4) is 0 Å². The molecular weight excluding hydrogens is 226 g/mol. The maximum absolute atomic E-state index is 5.62. The molecule has 2 heterocycles. The molecule has 3 rings (SSSR count). The summed E-state index contributed by atoms with van der Waals surface area (Å²) in [6.45, 7) is 0. The third kappa shape index (κ3) is 2.27. The average molecular weight is 237 g/mol. The fourth-order valence-electron chi connectivity index (χ4n) is 1.71. The van der Waals surface area contributed by atoms with E-state index in [-0.39, 0.29) is 0 Å². The van der Waals surface area contributed by atoms with Gasteiger partial charge in [0.25, 0.3) is 0 Å². The molecule has 18 heavy (non-hydrogen) atoms. The zero-order valence-corrected chi connectivity index (χ0v) is 9.65. The van der Waals surface area contributed by atoms with Crippen LogP contribution < -0.4 is 0 Å². The summed E-state index contributed by atoms with van der Waals surface area (Å²) in [5.74, 6) is 1.15. The van der Waals surface area contributed by atoms with Gasteiger partial charge in [0.15, 0.2) is 0 Å². The zero-order chi connectivity index (χ0) is 12.2. The quantitative estimate of drug-likeness (QED) is 0.702. The minimum absolute atomic E-state index is 0.531. The van der Waals surface area contributed by atoms with Gasteiger partial charge in [0.1, 0.15) is 0 Å². The van der Waals surface area contributed by atoms with Crippen molar-refractivity contribution in [2.24, 2.45) is 0 Å². The van der Waals surface area contributed by atoms with E-state index < -0.39 is 0 Å². The molecule has 88 valence electrons. The summed E-state index contributed by atoms with van der Waals surface area (Å²) in [5, 5.41) is 8.09. The van der Waals surface area contributed by atoms with Gasteiger partial charge in [-0.1, -0.05) is 30.3 Å². The summed E-state index contributed by atoms with van der Waals surface area (Å²) >= 11 is 0. The molecule has 0 bridgehead atoms. The predicted molar refractivity (Wildman–Crippen MR) is 66.8 cm³/mol. The largest absolute Gasteiger partial charge is 0.420 e. The van der Waals surface area contributed by atoms with Crippen LogP contribution in [-0.4, -0.2) is 15.2 Å². The van der Waals surface area contributed by atoms with Gasteiger partial charge in [-0.15, -0.1) is 10.2 Å². The molecule has 0 radical (unpaired) electrons. The number of pyridine rings is 1. The highest BCUT2D eigenvalue weighted by Crippen LogP contribution is 2.17. The molecule has 0 spiro atoms. The van der Waals surface area contributed by atoms with E-state index in [0.29, 0.717) is 18.2 Å². The molecule has 4 nitrogen and oxygen atoms in total. The molecule has 0 aliphatic heterocycles. The molecule has 0 unspecified atom stereocenters. The van der Waals surface area contributed by atoms with Crippen molar-refractivity contribution in [1.29, 1.82) is 0 Å². The van der Waals surface area contributed by atoms with E-state index in [9.17, 15) is 0 Å². The van der Waals surface area contributed by atoms with E-state index >= 15 is 0 Å². The van der Waals surface area contributed by atoms with Gasteiger partial charge in [0, 0.05) is 18.0 Å². The van der Waals surface area contributed by atoms with Crippen LogP contribution in [0.15, 0.2) is 59.3 Å². The smallest absolute Gasteiger partial charge is 0.247 e. The molecule has 3 aromatic rings. The van der Waals surface area contributed by atoms with Crippen LogP contribution in [-0.2, 0) is 6.42 Å². The number of hydrogen-bond acceptors (Lipinski definition) is 4. The molecule has 0 N–H and O–H groups in total. The van der Waals surface area contributed by atoms with Gasteiger partial charge >= 0.3 is 0 Å². The van der Waals surface area contributed by atoms with Gasteiger partial charge in [0.05, 0.1) is 6.42 Å². The Morgan fingerprint density at radius 3 is 2.44 bits per heavy atom. The lowest BCUT2D eigenvalue weighted by atomic mass is 10.2. The van der Waals surface area contributed by atoms with Crippen LogP contribution in [0, 0.1) is 0 Å². The van der Waals surface area contributed by atoms with E-state index in [1.165, 1.54) is 0 Å². The van der Waals surface area contributed by atoms with Crippen molar-refractivity contribution < 1.29 is 4.42 Å². The number of aromatic nitrogens is 3. The molecule has 0 saturated carbocycles. The maximum Gasteiger partial charge on any atom is 0.247 e. The van der Waals surface area contributed by atoms with Crippen LogP contribution in [0.5, 0.6) is 0 Å². The molecule has 0 saturated heterocycles. The Bertz CT molecular complexity index is 620. The van der Waals surface area contributed by atoms with Crippen molar-refractivity contribution in [2.45, 2.75) is 6.42 Å². The number of benzene rings is 1. The second kappa shape index (κ2) is 4.79.